The Morgan fingerprint density at radius 3 is 2.64 bits per heavy atom. The van der Waals surface area contributed by atoms with E-state index in [0.717, 1.165) is 15.8 Å². The standard InChI is InChI=1S/C25H19BrFN5O3S/c26-19-10-11-21(35-15-17-8-4-5-9-20(17)27)18(12-19)14-28-30-22(33)13-23-31-32-25(36-23)29-24(34)16-6-2-1-3-7-16/h1-12,14H,13,15H2,(H,30,33)(H,29,32,34)/b28-14-. The first kappa shape index (κ1) is 25.1. The summed E-state index contributed by atoms with van der Waals surface area (Å²) in [5, 5.41) is 15.2. The molecule has 1 heterocycles. The Morgan fingerprint density at radius 2 is 1.83 bits per heavy atom. The molecule has 2 amide bonds. The third kappa shape index (κ3) is 7.03. The lowest BCUT2D eigenvalue weighted by molar-refractivity contribution is -0.120. The monoisotopic (exact) mass is 567 g/mol. The molecule has 0 atom stereocenters. The maximum atomic E-state index is 13.9. The highest BCUT2D eigenvalue weighted by atomic mass is 79.9. The molecule has 0 saturated heterocycles. The lowest BCUT2D eigenvalue weighted by Gasteiger charge is -2.10. The molecule has 36 heavy (non-hydrogen) atoms. The molecule has 2 N–H and O–H groups in total. The summed E-state index contributed by atoms with van der Waals surface area (Å²) < 4.78 is 20.4. The zero-order valence-corrected chi connectivity index (χ0v) is 21.1. The molecule has 0 fully saturated rings. The van der Waals surface area contributed by atoms with Gasteiger partial charge in [0.15, 0.2) is 0 Å². The Labute approximate surface area is 218 Å². The number of anilines is 1. The molecule has 0 saturated carbocycles. The second-order valence-corrected chi connectivity index (χ2v) is 9.33. The van der Waals surface area contributed by atoms with Gasteiger partial charge in [-0.15, -0.1) is 10.2 Å². The highest BCUT2D eigenvalue weighted by molar-refractivity contribution is 9.10. The van der Waals surface area contributed by atoms with Crippen molar-refractivity contribution >= 4 is 50.4 Å². The molecule has 1 aromatic heterocycles. The van der Waals surface area contributed by atoms with Gasteiger partial charge in [0.05, 0.1) is 12.6 Å². The highest BCUT2D eigenvalue weighted by Gasteiger charge is 2.12. The topological polar surface area (TPSA) is 106 Å². The van der Waals surface area contributed by atoms with E-state index < -0.39 is 5.91 Å². The van der Waals surface area contributed by atoms with Crippen molar-refractivity contribution in [3.05, 3.63) is 105 Å². The van der Waals surface area contributed by atoms with Crippen LogP contribution in [0.25, 0.3) is 0 Å². The van der Waals surface area contributed by atoms with Crippen molar-refractivity contribution in [3.8, 4) is 5.75 Å². The van der Waals surface area contributed by atoms with Crippen LogP contribution in [0.5, 0.6) is 5.75 Å². The van der Waals surface area contributed by atoms with Crippen LogP contribution < -0.4 is 15.5 Å². The molecule has 4 aromatic rings. The maximum absolute atomic E-state index is 13.9. The van der Waals surface area contributed by atoms with Gasteiger partial charge in [0, 0.05) is 21.2 Å². The van der Waals surface area contributed by atoms with Crippen molar-refractivity contribution in [1.29, 1.82) is 0 Å². The Kier molecular flexibility index (Phi) is 8.48. The average Bonchev–Trinajstić information content (AvgIpc) is 3.31. The van der Waals surface area contributed by atoms with Crippen LogP contribution in [-0.2, 0) is 17.8 Å². The molecule has 0 unspecified atom stereocenters. The number of hydrogen-bond acceptors (Lipinski definition) is 7. The van der Waals surface area contributed by atoms with Crippen molar-refractivity contribution in [2.24, 2.45) is 5.10 Å². The summed E-state index contributed by atoms with van der Waals surface area (Å²) in [6.07, 6.45) is 1.37. The second-order valence-electron chi connectivity index (χ2n) is 7.35. The Bertz CT molecular complexity index is 1400. The van der Waals surface area contributed by atoms with E-state index in [9.17, 15) is 14.0 Å². The molecular formula is C25H19BrFN5O3S. The van der Waals surface area contributed by atoms with E-state index in [2.05, 4.69) is 42.0 Å². The summed E-state index contributed by atoms with van der Waals surface area (Å²) in [5.74, 6) is -0.597. The minimum Gasteiger partial charge on any atom is -0.488 e. The molecule has 0 spiro atoms. The fourth-order valence-electron chi connectivity index (χ4n) is 3.01. The number of ether oxygens (including phenoxy) is 1. The van der Waals surface area contributed by atoms with Crippen molar-refractivity contribution in [1.82, 2.24) is 15.6 Å². The zero-order chi connectivity index (χ0) is 25.3. The molecular weight excluding hydrogens is 549 g/mol. The minimum atomic E-state index is -0.410. The summed E-state index contributed by atoms with van der Waals surface area (Å²) in [6, 6.07) is 20.4. The third-order valence-electron chi connectivity index (χ3n) is 4.74. The van der Waals surface area contributed by atoms with Gasteiger partial charge in [-0.2, -0.15) is 5.10 Å². The average molecular weight is 568 g/mol. The van der Waals surface area contributed by atoms with Crippen molar-refractivity contribution < 1.29 is 18.7 Å². The van der Waals surface area contributed by atoms with Crippen LogP contribution in [0.3, 0.4) is 0 Å². The maximum Gasteiger partial charge on any atom is 0.257 e. The molecule has 4 rings (SSSR count). The molecule has 8 nitrogen and oxygen atoms in total. The number of nitrogens with one attached hydrogen (secondary N) is 2. The minimum absolute atomic E-state index is 0.0433. The number of benzene rings is 3. The number of carbonyl (C=O) groups excluding carboxylic acids is 2. The lowest BCUT2D eigenvalue weighted by Crippen LogP contribution is -2.19. The fourth-order valence-corrected chi connectivity index (χ4v) is 4.12. The van der Waals surface area contributed by atoms with Crippen LogP contribution in [0.15, 0.2) is 82.4 Å². The van der Waals surface area contributed by atoms with Gasteiger partial charge < -0.3 is 4.74 Å². The van der Waals surface area contributed by atoms with E-state index in [-0.39, 0.29) is 24.8 Å². The van der Waals surface area contributed by atoms with Gasteiger partial charge in [-0.05, 0) is 36.4 Å². The van der Waals surface area contributed by atoms with E-state index in [1.54, 1.807) is 60.7 Å². The second kappa shape index (κ2) is 12.1. The smallest absolute Gasteiger partial charge is 0.257 e. The van der Waals surface area contributed by atoms with Gasteiger partial charge in [-0.1, -0.05) is 63.7 Å². The van der Waals surface area contributed by atoms with Gasteiger partial charge in [-0.3, -0.25) is 14.9 Å². The molecule has 11 heteroatoms. The summed E-state index contributed by atoms with van der Waals surface area (Å²) >= 11 is 4.50. The first-order valence-electron chi connectivity index (χ1n) is 10.6. The number of rotatable bonds is 9. The van der Waals surface area contributed by atoms with Crippen molar-refractivity contribution in [2.75, 3.05) is 5.32 Å². The van der Waals surface area contributed by atoms with E-state index >= 15 is 0 Å². The number of hydrogen-bond donors (Lipinski definition) is 2. The fraction of sp³-hybridized carbons (Fsp3) is 0.0800. The first-order valence-corrected chi connectivity index (χ1v) is 12.3. The first-order chi connectivity index (χ1) is 17.5. The quantitative estimate of drug-likeness (QED) is 0.219. The normalized spacial score (nSPS) is 10.8. The van der Waals surface area contributed by atoms with Gasteiger partial charge >= 0.3 is 0 Å². The molecule has 0 radical (unpaired) electrons. The van der Waals surface area contributed by atoms with Gasteiger partial charge in [0.1, 0.15) is 23.2 Å². The van der Waals surface area contributed by atoms with Crippen LogP contribution >= 0.6 is 27.3 Å². The van der Waals surface area contributed by atoms with E-state index in [0.29, 0.717) is 32.6 Å². The zero-order valence-electron chi connectivity index (χ0n) is 18.7. The number of carbonyl (C=O) groups is 2. The summed E-state index contributed by atoms with van der Waals surface area (Å²) in [5.41, 5.74) is 3.94. The van der Waals surface area contributed by atoms with Crippen LogP contribution in [0.2, 0.25) is 0 Å². The van der Waals surface area contributed by atoms with Gasteiger partial charge in [-0.25, -0.2) is 9.82 Å². The largest absolute Gasteiger partial charge is 0.488 e. The molecule has 0 bridgehead atoms. The molecule has 182 valence electrons. The Hall–Kier alpha value is -3.96. The predicted octanol–water partition coefficient (Wildman–Crippen LogP) is 4.96. The number of amides is 2. The summed E-state index contributed by atoms with van der Waals surface area (Å²) in [6.45, 7) is 0.0433. The van der Waals surface area contributed by atoms with Gasteiger partial charge in [0.2, 0.25) is 11.0 Å². The predicted molar refractivity (Wildman–Crippen MR) is 139 cm³/mol. The van der Waals surface area contributed by atoms with Crippen LogP contribution in [0.1, 0.15) is 26.5 Å². The number of hydrazone groups is 1. The van der Waals surface area contributed by atoms with E-state index in [4.69, 9.17) is 4.74 Å². The van der Waals surface area contributed by atoms with Crippen LogP contribution in [-0.4, -0.2) is 28.2 Å². The summed E-state index contributed by atoms with van der Waals surface area (Å²) in [4.78, 5) is 24.5. The van der Waals surface area contributed by atoms with Crippen LogP contribution in [0, 0.1) is 5.82 Å². The lowest BCUT2D eigenvalue weighted by atomic mass is 10.2. The van der Waals surface area contributed by atoms with E-state index in [1.165, 1.54) is 12.3 Å². The SMILES string of the molecule is O=C(Cc1nnc(NC(=O)c2ccccc2)s1)N/N=C\c1cc(Br)ccc1OCc1ccccc1F. The van der Waals surface area contributed by atoms with Crippen molar-refractivity contribution in [2.45, 2.75) is 13.0 Å². The number of aromatic nitrogens is 2. The molecule has 0 aliphatic carbocycles. The Balaban J connectivity index is 1.32. The summed E-state index contributed by atoms with van der Waals surface area (Å²) in [7, 11) is 0. The number of halogens is 2. The number of nitrogens with zero attached hydrogens (tertiary/aromatic N) is 3. The van der Waals surface area contributed by atoms with Crippen LogP contribution in [0.4, 0.5) is 9.52 Å². The molecule has 3 aromatic carbocycles. The molecule has 0 aliphatic rings. The van der Waals surface area contributed by atoms with Gasteiger partial charge in [0.25, 0.3) is 5.91 Å². The van der Waals surface area contributed by atoms with Crippen molar-refractivity contribution in [3.63, 3.8) is 0 Å². The Morgan fingerprint density at radius 1 is 1.06 bits per heavy atom. The highest BCUT2D eigenvalue weighted by Crippen LogP contribution is 2.23. The van der Waals surface area contributed by atoms with E-state index in [1.807, 2.05) is 6.07 Å². The third-order valence-corrected chi connectivity index (χ3v) is 6.07. The molecule has 0 aliphatic heterocycles.